The third kappa shape index (κ3) is 6.14. The van der Waals surface area contributed by atoms with Crippen molar-refractivity contribution in [1.29, 1.82) is 0 Å². The molecule has 0 aliphatic carbocycles. The predicted molar refractivity (Wildman–Crippen MR) is 104 cm³/mol. The van der Waals surface area contributed by atoms with Gasteiger partial charge in [-0.1, -0.05) is 6.92 Å². The number of rotatable bonds is 8. The number of carbonyl (C=O) groups is 2. The number of urea groups is 1. The van der Waals surface area contributed by atoms with Crippen molar-refractivity contribution in [2.24, 2.45) is 4.99 Å². The van der Waals surface area contributed by atoms with E-state index in [9.17, 15) is 9.59 Å². The fourth-order valence-electron chi connectivity index (χ4n) is 2.32. The fourth-order valence-corrected chi connectivity index (χ4v) is 2.32. The Kier molecular flexibility index (Phi) is 9.16. The molecule has 0 spiro atoms. The fraction of sp³-hybridized carbons (Fsp3) is 0.643. The molecule has 1 aromatic heterocycles. The highest BCUT2D eigenvalue weighted by atomic mass is 127. The van der Waals surface area contributed by atoms with Crippen LogP contribution in [-0.4, -0.2) is 70.3 Å². The van der Waals surface area contributed by atoms with Gasteiger partial charge in [0.1, 0.15) is 12.2 Å². The van der Waals surface area contributed by atoms with E-state index in [4.69, 9.17) is 0 Å². The number of hydrogen-bond acceptors (Lipinski definition) is 5. The lowest BCUT2D eigenvalue weighted by Crippen LogP contribution is -2.43. The zero-order valence-corrected chi connectivity index (χ0v) is 16.8. The van der Waals surface area contributed by atoms with Crippen molar-refractivity contribution in [2.45, 2.75) is 26.8 Å². The molecule has 0 aromatic carbocycles. The number of nitrogens with one attached hydrogen (secondary N) is 3. The average molecular weight is 464 g/mol. The lowest BCUT2D eigenvalue weighted by Gasteiger charge is -2.15. The first-order chi connectivity index (χ1) is 11.7. The number of aryl methyl sites for hydroxylation is 1. The molecular formula is C14H25IN8O2. The Morgan fingerprint density at radius 1 is 1.32 bits per heavy atom. The number of carbonyl (C=O) groups excluding carboxylic acids is 2. The third-order valence-corrected chi connectivity index (χ3v) is 3.53. The monoisotopic (exact) mass is 464 g/mol. The van der Waals surface area contributed by atoms with Gasteiger partial charge in [-0.25, -0.2) is 4.79 Å². The van der Waals surface area contributed by atoms with Gasteiger partial charge < -0.3 is 20.5 Å². The molecule has 1 fully saturated rings. The van der Waals surface area contributed by atoms with Crippen LogP contribution >= 0.6 is 24.0 Å². The van der Waals surface area contributed by atoms with E-state index in [1.165, 1.54) is 4.90 Å². The van der Waals surface area contributed by atoms with Crippen molar-refractivity contribution in [1.82, 2.24) is 35.6 Å². The van der Waals surface area contributed by atoms with Gasteiger partial charge in [0.05, 0.1) is 13.1 Å². The van der Waals surface area contributed by atoms with Gasteiger partial charge in [-0.05, 0) is 6.92 Å². The standard InChI is InChI=1S/C14H24N8O2.HI/c1-3-11-20-19-10-21(11)7-5-16-13(15-4-2)17-6-8-22-12(23)9-18-14(22)24;/h10H,3-9H2,1-2H3,(H,18,24)(H2,15,16,17);1H. The van der Waals surface area contributed by atoms with Crippen molar-refractivity contribution >= 4 is 41.9 Å². The van der Waals surface area contributed by atoms with E-state index >= 15 is 0 Å². The predicted octanol–water partition coefficient (Wildman–Crippen LogP) is -0.435. The summed E-state index contributed by atoms with van der Waals surface area (Å²) in [6.45, 7) is 6.82. The van der Waals surface area contributed by atoms with Gasteiger partial charge >= 0.3 is 6.03 Å². The van der Waals surface area contributed by atoms with E-state index in [2.05, 4.69) is 31.1 Å². The van der Waals surface area contributed by atoms with Crippen LogP contribution in [0.2, 0.25) is 0 Å². The van der Waals surface area contributed by atoms with E-state index < -0.39 is 0 Å². The minimum Gasteiger partial charge on any atom is -0.357 e. The molecule has 1 aliphatic heterocycles. The maximum atomic E-state index is 11.5. The second-order valence-electron chi connectivity index (χ2n) is 5.19. The zero-order chi connectivity index (χ0) is 17.4. The van der Waals surface area contributed by atoms with E-state index in [-0.39, 0.29) is 42.5 Å². The Balaban J connectivity index is 0.00000312. The van der Waals surface area contributed by atoms with Gasteiger partial charge in [-0.3, -0.25) is 14.7 Å². The summed E-state index contributed by atoms with van der Waals surface area (Å²) >= 11 is 0. The van der Waals surface area contributed by atoms with Gasteiger partial charge in [0.25, 0.3) is 0 Å². The molecule has 0 saturated carbocycles. The maximum absolute atomic E-state index is 11.5. The van der Waals surface area contributed by atoms with Crippen molar-refractivity contribution in [3.8, 4) is 0 Å². The maximum Gasteiger partial charge on any atom is 0.324 e. The van der Waals surface area contributed by atoms with Crippen LogP contribution in [0, 0.1) is 0 Å². The molecule has 1 saturated heterocycles. The SMILES string of the molecule is CCNC(=NCCn1cnnc1CC)NCCN1C(=O)CNC1=O.I. The first-order valence-electron chi connectivity index (χ1n) is 8.12. The average Bonchev–Trinajstić information content (AvgIpc) is 3.15. The second kappa shape index (κ2) is 10.8. The highest BCUT2D eigenvalue weighted by Crippen LogP contribution is 1.97. The van der Waals surface area contributed by atoms with Crippen LogP contribution in [0.3, 0.4) is 0 Å². The Hall–Kier alpha value is -1.92. The topological polar surface area (TPSA) is 117 Å². The molecule has 11 heteroatoms. The van der Waals surface area contributed by atoms with Crippen molar-refractivity contribution < 1.29 is 9.59 Å². The number of amides is 3. The Labute approximate surface area is 163 Å². The molecule has 3 amide bonds. The van der Waals surface area contributed by atoms with Gasteiger partial charge in [0.15, 0.2) is 5.96 Å². The highest BCUT2D eigenvalue weighted by Gasteiger charge is 2.27. The molecule has 0 bridgehead atoms. The van der Waals surface area contributed by atoms with Crippen LogP contribution in [0.5, 0.6) is 0 Å². The van der Waals surface area contributed by atoms with Crippen LogP contribution in [0.4, 0.5) is 4.79 Å². The van der Waals surface area contributed by atoms with E-state index in [0.29, 0.717) is 32.1 Å². The highest BCUT2D eigenvalue weighted by molar-refractivity contribution is 14.0. The molecule has 2 rings (SSSR count). The summed E-state index contributed by atoms with van der Waals surface area (Å²) in [5.41, 5.74) is 0. The van der Waals surface area contributed by atoms with Crippen LogP contribution < -0.4 is 16.0 Å². The van der Waals surface area contributed by atoms with Gasteiger partial charge in [-0.2, -0.15) is 0 Å². The molecule has 3 N–H and O–H groups in total. The summed E-state index contributed by atoms with van der Waals surface area (Å²) in [7, 11) is 0. The minimum absolute atomic E-state index is 0. The largest absolute Gasteiger partial charge is 0.357 e. The van der Waals surface area contributed by atoms with Gasteiger partial charge in [0.2, 0.25) is 5.91 Å². The van der Waals surface area contributed by atoms with E-state index in [1.54, 1.807) is 6.33 Å². The number of aromatic nitrogens is 3. The molecule has 1 aliphatic rings. The Morgan fingerprint density at radius 3 is 2.76 bits per heavy atom. The van der Waals surface area contributed by atoms with Crippen LogP contribution in [0.25, 0.3) is 0 Å². The molecule has 0 unspecified atom stereocenters. The van der Waals surface area contributed by atoms with E-state index in [0.717, 1.165) is 18.8 Å². The summed E-state index contributed by atoms with van der Waals surface area (Å²) in [5.74, 6) is 1.38. The summed E-state index contributed by atoms with van der Waals surface area (Å²) < 4.78 is 1.97. The normalized spacial score (nSPS) is 14.3. The van der Waals surface area contributed by atoms with E-state index in [1.807, 2.05) is 18.4 Å². The zero-order valence-electron chi connectivity index (χ0n) is 14.5. The molecule has 10 nitrogen and oxygen atoms in total. The summed E-state index contributed by atoms with van der Waals surface area (Å²) in [6, 6.07) is -0.344. The summed E-state index contributed by atoms with van der Waals surface area (Å²) in [5, 5.41) is 16.7. The minimum atomic E-state index is -0.344. The molecule has 25 heavy (non-hydrogen) atoms. The third-order valence-electron chi connectivity index (χ3n) is 3.53. The first-order valence-corrected chi connectivity index (χ1v) is 8.12. The Morgan fingerprint density at radius 2 is 2.12 bits per heavy atom. The van der Waals surface area contributed by atoms with Crippen molar-refractivity contribution in [3.63, 3.8) is 0 Å². The second-order valence-corrected chi connectivity index (χ2v) is 5.19. The number of hydrogen-bond donors (Lipinski definition) is 3. The van der Waals surface area contributed by atoms with Crippen LogP contribution in [-0.2, 0) is 17.8 Å². The molecular weight excluding hydrogens is 439 g/mol. The molecule has 2 heterocycles. The number of nitrogens with zero attached hydrogens (tertiary/aromatic N) is 5. The molecule has 0 radical (unpaired) electrons. The number of aliphatic imine (C=N–C) groups is 1. The lowest BCUT2D eigenvalue weighted by atomic mass is 10.4. The quantitative estimate of drug-likeness (QED) is 0.208. The number of guanidine groups is 1. The molecule has 140 valence electrons. The summed E-state index contributed by atoms with van der Waals surface area (Å²) in [4.78, 5) is 28.6. The smallest absolute Gasteiger partial charge is 0.324 e. The Bertz CT molecular complexity index is 587. The van der Waals surface area contributed by atoms with Crippen LogP contribution in [0.1, 0.15) is 19.7 Å². The van der Waals surface area contributed by atoms with Crippen molar-refractivity contribution in [2.75, 3.05) is 32.7 Å². The van der Waals surface area contributed by atoms with Gasteiger partial charge in [0, 0.05) is 32.6 Å². The molecule has 1 aromatic rings. The number of imide groups is 1. The van der Waals surface area contributed by atoms with Crippen LogP contribution in [0.15, 0.2) is 11.3 Å². The lowest BCUT2D eigenvalue weighted by molar-refractivity contribution is -0.124. The van der Waals surface area contributed by atoms with Gasteiger partial charge in [-0.15, -0.1) is 34.2 Å². The molecule has 0 atom stereocenters. The number of halogens is 1. The summed E-state index contributed by atoms with van der Waals surface area (Å²) in [6.07, 6.45) is 2.53. The van der Waals surface area contributed by atoms with Crippen molar-refractivity contribution in [3.05, 3.63) is 12.2 Å². The first kappa shape index (κ1) is 21.1.